The zero-order valence-corrected chi connectivity index (χ0v) is 12.1. The van der Waals surface area contributed by atoms with Crippen molar-refractivity contribution in [2.24, 2.45) is 5.73 Å². The van der Waals surface area contributed by atoms with Crippen LogP contribution in [0.3, 0.4) is 0 Å². The van der Waals surface area contributed by atoms with Crippen LogP contribution in [0.4, 0.5) is 0 Å². The van der Waals surface area contributed by atoms with Gasteiger partial charge in [0.15, 0.2) is 5.82 Å². The summed E-state index contributed by atoms with van der Waals surface area (Å²) in [6, 6.07) is 9.20. The molecule has 6 nitrogen and oxygen atoms in total. The number of nitrogens with zero attached hydrogens (tertiary/aromatic N) is 2. The average Bonchev–Trinajstić information content (AvgIpc) is 2.82. The molecule has 0 saturated heterocycles. The second-order valence-electron chi connectivity index (χ2n) is 4.48. The molecule has 0 bridgehead atoms. The number of aryl methyl sites for hydroxylation is 1. The summed E-state index contributed by atoms with van der Waals surface area (Å²) in [5, 5.41) is 6.40. The second kappa shape index (κ2) is 6.49. The summed E-state index contributed by atoms with van der Waals surface area (Å²) in [4.78, 5) is 16.1. The Morgan fingerprint density at radius 1 is 1.40 bits per heavy atom. The molecule has 0 fully saturated rings. The van der Waals surface area contributed by atoms with Gasteiger partial charge >= 0.3 is 0 Å². The first-order valence-corrected chi connectivity index (χ1v) is 5.92. The molecule has 1 heterocycles. The summed E-state index contributed by atoms with van der Waals surface area (Å²) in [6.07, 6.45) is 0. The van der Waals surface area contributed by atoms with Crippen LogP contribution in [0.1, 0.15) is 24.2 Å². The highest BCUT2D eigenvalue weighted by Crippen LogP contribution is 2.17. The van der Waals surface area contributed by atoms with Gasteiger partial charge in [0.1, 0.15) is 5.54 Å². The molecule has 0 aliphatic heterocycles. The molecule has 7 heteroatoms. The Hall–Kier alpha value is -1.92. The minimum Gasteiger partial charge on any atom is -0.347 e. The Morgan fingerprint density at radius 3 is 2.60 bits per heavy atom. The summed E-state index contributed by atoms with van der Waals surface area (Å²) < 4.78 is 4.82. The van der Waals surface area contributed by atoms with Crippen LogP contribution < -0.4 is 11.1 Å². The third-order valence-electron chi connectivity index (χ3n) is 2.82. The van der Waals surface area contributed by atoms with Gasteiger partial charge in [0.2, 0.25) is 11.8 Å². The van der Waals surface area contributed by atoms with Gasteiger partial charge in [-0.15, -0.1) is 12.4 Å². The van der Waals surface area contributed by atoms with Crippen LogP contribution in [0.15, 0.2) is 34.9 Å². The highest BCUT2D eigenvalue weighted by Gasteiger charge is 2.30. The van der Waals surface area contributed by atoms with Crippen molar-refractivity contribution < 1.29 is 9.32 Å². The fraction of sp³-hybridized carbons (Fsp3) is 0.308. The van der Waals surface area contributed by atoms with Crippen molar-refractivity contribution in [2.75, 3.05) is 0 Å². The zero-order chi connectivity index (χ0) is 13.9. The third kappa shape index (κ3) is 3.55. The van der Waals surface area contributed by atoms with E-state index < -0.39 is 5.54 Å². The Morgan fingerprint density at radius 2 is 2.05 bits per heavy atom. The van der Waals surface area contributed by atoms with Crippen molar-refractivity contribution in [3.05, 3.63) is 47.6 Å². The Labute approximate surface area is 123 Å². The summed E-state index contributed by atoms with van der Waals surface area (Å²) in [5.41, 5.74) is 5.72. The number of nitrogens with one attached hydrogen (secondary N) is 1. The summed E-state index contributed by atoms with van der Waals surface area (Å²) in [7, 11) is 0. The van der Waals surface area contributed by atoms with Crippen LogP contribution in [0.2, 0.25) is 0 Å². The van der Waals surface area contributed by atoms with Gasteiger partial charge < -0.3 is 15.6 Å². The largest absolute Gasteiger partial charge is 0.347 e. The predicted molar refractivity (Wildman–Crippen MR) is 76.1 cm³/mol. The lowest BCUT2D eigenvalue weighted by Crippen LogP contribution is -2.48. The third-order valence-corrected chi connectivity index (χ3v) is 2.82. The van der Waals surface area contributed by atoms with Crippen LogP contribution in [0.5, 0.6) is 0 Å². The maximum absolute atomic E-state index is 12.1. The molecule has 108 valence electrons. The first kappa shape index (κ1) is 16.1. The molecule has 0 aliphatic carbocycles. The molecule has 2 rings (SSSR count). The van der Waals surface area contributed by atoms with Gasteiger partial charge in [-0.2, -0.15) is 4.98 Å². The maximum atomic E-state index is 12.1. The van der Waals surface area contributed by atoms with E-state index in [-0.39, 0.29) is 24.9 Å². The first-order valence-electron chi connectivity index (χ1n) is 5.92. The van der Waals surface area contributed by atoms with Crippen molar-refractivity contribution >= 4 is 18.3 Å². The van der Waals surface area contributed by atoms with Crippen LogP contribution in [-0.2, 0) is 16.9 Å². The molecule has 1 amide bonds. The fourth-order valence-electron chi connectivity index (χ4n) is 1.67. The van der Waals surface area contributed by atoms with E-state index in [1.165, 1.54) is 0 Å². The monoisotopic (exact) mass is 296 g/mol. The molecule has 0 radical (unpaired) electrons. The standard InChI is InChI=1S/C13H16N4O2.ClH/c1-9-16-11(17-19-9)8-15-12(18)13(2,14)10-6-4-3-5-7-10;/h3-7H,8,14H2,1-2H3,(H,15,18);1H. The average molecular weight is 297 g/mol. The van der Waals surface area contributed by atoms with E-state index in [0.717, 1.165) is 5.56 Å². The van der Waals surface area contributed by atoms with Gasteiger partial charge in [0.05, 0.1) is 6.54 Å². The quantitative estimate of drug-likeness (QED) is 0.886. The van der Waals surface area contributed by atoms with E-state index in [9.17, 15) is 4.79 Å². The smallest absolute Gasteiger partial charge is 0.244 e. The van der Waals surface area contributed by atoms with Crippen LogP contribution in [-0.4, -0.2) is 16.0 Å². The summed E-state index contributed by atoms with van der Waals surface area (Å²) >= 11 is 0. The normalized spacial score (nSPS) is 13.2. The first-order chi connectivity index (χ1) is 9.00. The lowest BCUT2D eigenvalue weighted by atomic mass is 9.92. The van der Waals surface area contributed by atoms with E-state index in [4.69, 9.17) is 10.3 Å². The number of hydrogen-bond donors (Lipinski definition) is 2. The molecule has 0 aliphatic rings. The zero-order valence-electron chi connectivity index (χ0n) is 11.3. The van der Waals surface area contributed by atoms with E-state index in [2.05, 4.69) is 15.5 Å². The van der Waals surface area contributed by atoms with Gasteiger partial charge in [0.25, 0.3) is 0 Å². The summed E-state index contributed by atoms with van der Waals surface area (Å²) in [5.74, 6) is 0.596. The molecule has 20 heavy (non-hydrogen) atoms. The molecule has 2 aromatic rings. The second-order valence-corrected chi connectivity index (χ2v) is 4.48. The maximum Gasteiger partial charge on any atom is 0.244 e. The van der Waals surface area contributed by atoms with Crippen molar-refractivity contribution in [1.29, 1.82) is 0 Å². The van der Waals surface area contributed by atoms with Crippen LogP contribution in [0.25, 0.3) is 0 Å². The highest BCUT2D eigenvalue weighted by atomic mass is 35.5. The number of nitrogens with two attached hydrogens (primary N) is 1. The lowest BCUT2D eigenvalue weighted by molar-refractivity contribution is -0.126. The molecule has 0 saturated carbocycles. The number of benzene rings is 1. The predicted octanol–water partition coefficient (Wildman–Crippen LogP) is 1.29. The number of hydrogen-bond acceptors (Lipinski definition) is 5. The Bertz CT molecular complexity index is 569. The Kier molecular flexibility index (Phi) is 5.24. The van der Waals surface area contributed by atoms with Crippen molar-refractivity contribution in [2.45, 2.75) is 25.9 Å². The minimum absolute atomic E-state index is 0. The van der Waals surface area contributed by atoms with Crippen molar-refractivity contribution in [3.8, 4) is 0 Å². The molecular weight excluding hydrogens is 280 g/mol. The van der Waals surface area contributed by atoms with Gasteiger partial charge in [0, 0.05) is 6.92 Å². The highest BCUT2D eigenvalue weighted by molar-refractivity contribution is 5.86. The number of amides is 1. The van der Waals surface area contributed by atoms with E-state index in [1.807, 2.05) is 30.3 Å². The molecule has 1 atom stereocenters. The van der Waals surface area contributed by atoms with Gasteiger partial charge in [-0.25, -0.2) is 0 Å². The topological polar surface area (TPSA) is 94.0 Å². The molecule has 1 unspecified atom stereocenters. The van der Waals surface area contributed by atoms with Crippen LogP contribution >= 0.6 is 12.4 Å². The van der Waals surface area contributed by atoms with Crippen molar-refractivity contribution in [3.63, 3.8) is 0 Å². The molecular formula is C13H17ClN4O2. The number of carbonyl (C=O) groups excluding carboxylic acids is 1. The lowest BCUT2D eigenvalue weighted by Gasteiger charge is -2.23. The number of rotatable bonds is 4. The van der Waals surface area contributed by atoms with Gasteiger partial charge in [-0.1, -0.05) is 35.5 Å². The minimum atomic E-state index is -1.10. The van der Waals surface area contributed by atoms with Crippen molar-refractivity contribution in [1.82, 2.24) is 15.5 Å². The van der Waals surface area contributed by atoms with E-state index in [0.29, 0.717) is 11.7 Å². The number of carbonyl (C=O) groups is 1. The summed E-state index contributed by atoms with van der Waals surface area (Å²) in [6.45, 7) is 3.55. The van der Waals surface area contributed by atoms with Gasteiger partial charge in [-0.05, 0) is 12.5 Å². The molecule has 3 N–H and O–H groups in total. The molecule has 0 spiro atoms. The number of halogens is 1. The van der Waals surface area contributed by atoms with Gasteiger partial charge in [-0.3, -0.25) is 4.79 Å². The van der Waals surface area contributed by atoms with E-state index >= 15 is 0 Å². The molecule has 1 aromatic carbocycles. The Balaban J connectivity index is 0.00000200. The van der Waals surface area contributed by atoms with Crippen LogP contribution in [0, 0.1) is 6.92 Å². The SMILES string of the molecule is Cc1nc(CNC(=O)C(C)(N)c2ccccc2)no1.Cl. The fourth-order valence-corrected chi connectivity index (χ4v) is 1.67. The molecule has 1 aromatic heterocycles. The van der Waals surface area contributed by atoms with E-state index in [1.54, 1.807) is 13.8 Å². The number of aromatic nitrogens is 2.